The fraction of sp³-hybridized carbons (Fsp3) is 0.259. The third kappa shape index (κ3) is 3.64. The predicted octanol–water partition coefficient (Wildman–Crippen LogP) is 5.23. The standard InChI is InChI=1S/C27H27N3O2/c1-18-8-11-22(14-19(18)2)29-17-21(15-26(29)31)27-28-24-6-4-5-7-25(24)30(27)16-20-9-12-23(32-3)13-10-20/h4-14,21H,15-17H2,1-3H3. The molecule has 0 aliphatic carbocycles. The number of ether oxygens (including phenoxy) is 1. The molecule has 1 aromatic heterocycles. The van der Waals surface area contributed by atoms with E-state index in [1.54, 1.807) is 7.11 Å². The van der Waals surface area contributed by atoms with E-state index in [4.69, 9.17) is 9.72 Å². The molecule has 1 aliphatic heterocycles. The lowest BCUT2D eigenvalue weighted by Gasteiger charge is -2.18. The first-order chi connectivity index (χ1) is 15.5. The number of amides is 1. The Hall–Kier alpha value is -3.60. The van der Waals surface area contributed by atoms with Crippen LogP contribution in [0.5, 0.6) is 5.75 Å². The lowest BCUT2D eigenvalue weighted by atomic mass is 10.1. The third-order valence-electron chi connectivity index (χ3n) is 6.48. The maximum absolute atomic E-state index is 13.0. The normalized spacial score (nSPS) is 16.2. The number of carbonyl (C=O) groups is 1. The Labute approximate surface area is 188 Å². The number of anilines is 1. The fourth-order valence-electron chi connectivity index (χ4n) is 4.51. The van der Waals surface area contributed by atoms with Crippen LogP contribution in [0.1, 0.15) is 34.9 Å². The SMILES string of the molecule is COc1ccc(Cn2c(C3CC(=O)N(c4ccc(C)c(C)c4)C3)nc3ccccc32)cc1. The molecule has 1 saturated heterocycles. The minimum absolute atomic E-state index is 0.0507. The van der Waals surface area contributed by atoms with E-state index >= 15 is 0 Å². The van der Waals surface area contributed by atoms with Crippen LogP contribution in [-0.4, -0.2) is 29.1 Å². The summed E-state index contributed by atoms with van der Waals surface area (Å²) in [5.41, 5.74) is 6.64. The molecule has 3 aromatic carbocycles. The molecule has 4 aromatic rings. The summed E-state index contributed by atoms with van der Waals surface area (Å²) < 4.78 is 7.56. The smallest absolute Gasteiger partial charge is 0.227 e. The lowest BCUT2D eigenvalue weighted by molar-refractivity contribution is -0.117. The second kappa shape index (κ2) is 8.15. The molecule has 0 spiro atoms. The van der Waals surface area contributed by atoms with Gasteiger partial charge in [0.05, 0.1) is 18.1 Å². The maximum Gasteiger partial charge on any atom is 0.227 e. The van der Waals surface area contributed by atoms with Crippen LogP contribution in [0, 0.1) is 13.8 Å². The predicted molar refractivity (Wildman–Crippen MR) is 127 cm³/mol. The highest BCUT2D eigenvalue weighted by Gasteiger charge is 2.35. The van der Waals surface area contributed by atoms with E-state index in [0.29, 0.717) is 19.5 Å². The highest BCUT2D eigenvalue weighted by Crippen LogP contribution is 2.34. The van der Waals surface area contributed by atoms with E-state index in [9.17, 15) is 4.79 Å². The highest BCUT2D eigenvalue weighted by molar-refractivity contribution is 5.96. The van der Waals surface area contributed by atoms with Gasteiger partial charge in [-0.2, -0.15) is 0 Å². The van der Waals surface area contributed by atoms with Crippen LogP contribution >= 0.6 is 0 Å². The first-order valence-corrected chi connectivity index (χ1v) is 11.0. The number of imidazole rings is 1. The molecule has 0 bridgehead atoms. The van der Waals surface area contributed by atoms with Crippen molar-refractivity contribution in [1.29, 1.82) is 0 Å². The zero-order valence-corrected chi connectivity index (χ0v) is 18.7. The van der Waals surface area contributed by atoms with Crippen LogP contribution in [0.3, 0.4) is 0 Å². The minimum atomic E-state index is 0.0507. The van der Waals surface area contributed by atoms with Crippen molar-refractivity contribution < 1.29 is 9.53 Å². The van der Waals surface area contributed by atoms with Gasteiger partial charge in [-0.15, -0.1) is 0 Å². The van der Waals surface area contributed by atoms with Crippen LogP contribution < -0.4 is 9.64 Å². The van der Waals surface area contributed by atoms with Crippen molar-refractivity contribution in [1.82, 2.24) is 9.55 Å². The molecule has 1 unspecified atom stereocenters. The van der Waals surface area contributed by atoms with Crippen molar-refractivity contribution >= 4 is 22.6 Å². The maximum atomic E-state index is 13.0. The molecule has 5 rings (SSSR count). The lowest BCUT2D eigenvalue weighted by Crippen LogP contribution is -2.24. The van der Waals surface area contributed by atoms with Gasteiger partial charge >= 0.3 is 0 Å². The molecule has 1 atom stereocenters. The number of methoxy groups -OCH3 is 1. The van der Waals surface area contributed by atoms with Crippen LogP contribution in [0.15, 0.2) is 66.7 Å². The van der Waals surface area contributed by atoms with E-state index in [-0.39, 0.29) is 11.8 Å². The molecule has 2 heterocycles. The molecule has 1 aliphatic rings. The summed E-state index contributed by atoms with van der Waals surface area (Å²) in [6.45, 7) is 5.53. The number of fused-ring (bicyclic) bond motifs is 1. The minimum Gasteiger partial charge on any atom is -0.497 e. The van der Waals surface area contributed by atoms with Gasteiger partial charge in [0.25, 0.3) is 0 Å². The Balaban J connectivity index is 1.50. The molecule has 0 radical (unpaired) electrons. The monoisotopic (exact) mass is 425 g/mol. The Morgan fingerprint density at radius 2 is 1.78 bits per heavy atom. The number of hydrogen-bond acceptors (Lipinski definition) is 3. The number of hydrogen-bond donors (Lipinski definition) is 0. The van der Waals surface area contributed by atoms with Crippen LogP contribution in [0.25, 0.3) is 11.0 Å². The number of nitrogens with zero attached hydrogens (tertiary/aromatic N) is 3. The van der Waals surface area contributed by atoms with Gasteiger partial charge in [0.15, 0.2) is 0 Å². The Morgan fingerprint density at radius 3 is 2.53 bits per heavy atom. The van der Waals surface area contributed by atoms with E-state index in [1.165, 1.54) is 16.7 Å². The summed E-state index contributed by atoms with van der Waals surface area (Å²) in [5, 5.41) is 0. The average Bonchev–Trinajstić information content (AvgIpc) is 3.37. The summed E-state index contributed by atoms with van der Waals surface area (Å²) in [7, 11) is 1.68. The number of aryl methyl sites for hydroxylation is 2. The first kappa shape index (κ1) is 20.3. The van der Waals surface area contributed by atoms with Crippen molar-refractivity contribution in [2.45, 2.75) is 32.7 Å². The van der Waals surface area contributed by atoms with Gasteiger partial charge in [-0.1, -0.05) is 30.3 Å². The molecule has 1 fully saturated rings. The summed E-state index contributed by atoms with van der Waals surface area (Å²) in [4.78, 5) is 19.9. The highest BCUT2D eigenvalue weighted by atomic mass is 16.5. The van der Waals surface area contributed by atoms with Gasteiger partial charge < -0.3 is 14.2 Å². The zero-order valence-electron chi connectivity index (χ0n) is 18.7. The zero-order chi connectivity index (χ0) is 22.2. The summed E-state index contributed by atoms with van der Waals surface area (Å²) in [6, 6.07) is 22.6. The summed E-state index contributed by atoms with van der Waals surface area (Å²) in [5.74, 6) is 2.02. The molecular weight excluding hydrogens is 398 g/mol. The van der Waals surface area contributed by atoms with Crippen molar-refractivity contribution in [3.8, 4) is 5.75 Å². The quantitative estimate of drug-likeness (QED) is 0.440. The molecule has 0 saturated carbocycles. The number of carbonyl (C=O) groups excluding carboxylic acids is 1. The number of benzene rings is 3. The van der Waals surface area contributed by atoms with E-state index in [1.807, 2.05) is 41.3 Å². The Bertz CT molecular complexity index is 1290. The second-order valence-electron chi connectivity index (χ2n) is 8.57. The van der Waals surface area contributed by atoms with E-state index < -0.39 is 0 Å². The molecule has 162 valence electrons. The second-order valence-corrected chi connectivity index (χ2v) is 8.57. The van der Waals surface area contributed by atoms with Crippen LogP contribution in [0.2, 0.25) is 0 Å². The van der Waals surface area contributed by atoms with Gasteiger partial charge in [-0.3, -0.25) is 4.79 Å². The molecule has 0 N–H and O–H groups in total. The van der Waals surface area contributed by atoms with Crippen molar-refractivity contribution in [3.63, 3.8) is 0 Å². The molecule has 32 heavy (non-hydrogen) atoms. The van der Waals surface area contributed by atoms with Crippen LogP contribution in [0.4, 0.5) is 5.69 Å². The van der Waals surface area contributed by atoms with E-state index in [0.717, 1.165) is 28.3 Å². The molecule has 5 nitrogen and oxygen atoms in total. The summed E-state index contributed by atoms with van der Waals surface area (Å²) >= 11 is 0. The third-order valence-corrected chi connectivity index (χ3v) is 6.48. The Kier molecular flexibility index (Phi) is 5.17. The topological polar surface area (TPSA) is 47.4 Å². The van der Waals surface area contributed by atoms with Crippen molar-refractivity contribution in [3.05, 3.63) is 89.2 Å². The first-order valence-electron chi connectivity index (χ1n) is 11.0. The van der Waals surface area contributed by atoms with Gasteiger partial charge in [-0.05, 0) is 66.9 Å². The average molecular weight is 426 g/mol. The molecule has 5 heteroatoms. The Morgan fingerprint density at radius 1 is 1.00 bits per heavy atom. The molecular formula is C27H27N3O2. The number of rotatable bonds is 5. The van der Waals surface area contributed by atoms with Crippen LogP contribution in [-0.2, 0) is 11.3 Å². The summed E-state index contributed by atoms with van der Waals surface area (Å²) in [6.07, 6.45) is 0.471. The largest absolute Gasteiger partial charge is 0.497 e. The number of aromatic nitrogens is 2. The number of para-hydroxylation sites is 2. The van der Waals surface area contributed by atoms with Gasteiger partial charge in [0.2, 0.25) is 5.91 Å². The fourth-order valence-corrected chi connectivity index (χ4v) is 4.51. The van der Waals surface area contributed by atoms with Gasteiger partial charge in [-0.25, -0.2) is 4.98 Å². The van der Waals surface area contributed by atoms with Crippen molar-refractivity contribution in [2.24, 2.45) is 0 Å². The van der Waals surface area contributed by atoms with Gasteiger partial charge in [0.1, 0.15) is 11.6 Å². The molecule has 1 amide bonds. The van der Waals surface area contributed by atoms with E-state index in [2.05, 4.69) is 48.7 Å². The van der Waals surface area contributed by atoms with Gasteiger partial charge in [0, 0.05) is 31.1 Å². The van der Waals surface area contributed by atoms with Crippen molar-refractivity contribution in [2.75, 3.05) is 18.6 Å².